The van der Waals surface area contributed by atoms with Crippen molar-refractivity contribution < 1.29 is 29.0 Å². The molecule has 1 rings (SSSR count). The minimum atomic E-state index is -1.13. The van der Waals surface area contributed by atoms with Gasteiger partial charge in [-0.3, -0.25) is 0 Å². The molecule has 0 spiro atoms. The van der Waals surface area contributed by atoms with Crippen molar-refractivity contribution >= 4 is 29.9 Å². The van der Waals surface area contributed by atoms with Gasteiger partial charge in [-0.05, 0) is 12.0 Å². The normalized spacial score (nSPS) is 11.3. The minimum Gasteiger partial charge on any atom is -0.480 e. The number of nitrogens with one attached hydrogen (secondary N) is 2. The number of hydrogen-bond donors (Lipinski definition) is 3. The first kappa shape index (κ1) is 22.6. The van der Waals surface area contributed by atoms with Crippen LogP contribution in [-0.2, 0) is 20.9 Å². The molecule has 27 heavy (non-hydrogen) atoms. The number of carbonyl (C=O) groups excluding carboxylic acids is 2. The molecule has 0 saturated heterocycles. The van der Waals surface area contributed by atoms with Crippen molar-refractivity contribution in [1.29, 1.82) is 0 Å². The smallest absolute Gasteiger partial charge is 0.407 e. The molecule has 0 aliphatic carbocycles. The second-order valence-electron chi connectivity index (χ2n) is 5.59. The third-order valence-corrected chi connectivity index (χ3v) is 4.40. The van der Waals surface area contributed by atoms with Crippen LogP contribution in [0.15, 0.2) is 30.3 Å². The Labute approximate surface area is 163 Å². The molecule has 0 saturated carbocycles. The summed E-state index contributed by atoms with van der Waals surface area (Å²) in [6.45, 7) is 2.73. The van der Waals surface area contributed by atoms with Gasteiger partial charge in [0.1, 0.15) is 12.6 Å². The van der Waals surface area contributed by atoms with Crippen molar-refractivity contribution in [3.05, 3.63) is 35.9 Å². The summed E-state index contributed by atoms with van der Waals surface area (Å²) < 4.78 is 9.96. The summed E-state index contributed by atoms with van der Waals surface area (Å²) in [5.74, 6) is -0.486. The third kappa shape index (κ3) is 11.0. The first-order valence-electron chi connectivity index (χ1n) is 8.71. The lowest BCUT2D eigenvalue weighted by Crippen LogP contribution is -2.43. The van der Waals surface area contributed by atoms with E-state index in [-0.39, 0.29) is 19.0 Å². The van der Waals surface area contributed by atoms with E-state index in [1.807, 2.05) is 37.3 Å². The molecule has 1 unspecified atom stereocenters. The van der Waals surface area contributed by atoms with E-state index in [1.165, 1.54) is 11.8 Å². The summed E-state index contributed by atoms with van der Waals surface area (Å²) >= 11 is 1.30. The van der Waals surface area contributed by atoms with Gasteiger partial charge in [0, 0.05) is 18.1 Å². The first-order valence-corrected chi connectivity index (χ1v) is 9.86. The topological polar surface area (TPSA) is 114 Å². The number of carbonyl (C=O) groups is 3. The van der Waals surface area contributed by atoms with E-state index in [0.717, 1.165) is 18.4 Å². The lowest BCUT2D eigenvalue weighted by Gasteiger charge is -2.14. The van der Waals surface area contributed by atoms with Crippen LogP contribution in [-0.4, -0.2) is 54.0 Å². The second-order valence-corrected chi connectivity index (χ2v) is 6.74. The number of ether oxygens (including phenoxy) is 2. The number of unbranched alkanes of at least 4 members (excludes halogenated alkanes) is 1. The van der Waals surface area contributed by atoms with Crippen LogP contribution < -0.4 is 10.6 Å². The lowest BCUT2D eigenvalue weighted by atomic mass is 10.2. The van der Waals surface area contributed by atoms with Gasteiger partial charge in [0.15, 0.2) is 0 Å². The van der Waals surface area contributed by atoms with E-state index < -0.39 is 24.2 Å². The van der Waals surface area contributed by atoms with Crippen LogP contribution in [0, 0.1) is 0 Å². The van der Waals surface area contributed by atoms with Crippen molar-refractivity contribution in [2.75, 3.05) is 24.7 Å². The Hall–Kier alpha value is -2.42. The number of rotatable bonds is 12. The Balaban J connectivity index is 2.15. The molecule has 0 aliphatic rings. The highest BCUT2D eigenvalue weighted by Gasteiger charge is 2.20. The van der Waals surface area contributed by atoms with Crippen LogP contribution >= 0.6 is 11.8 Å². The highest BCUT2D eigenvalue weighted by atomic mass is 32.2. The summed E-state index contributed by atoms with van der Waals surface area (Å²) in [6.07, 6.45) is 0.337. The van der Waals surface area contributed by atoms with Gasteiger partial charge < -0.3 is 25.2 Å². The van der Waals surface area contributed by atoms with Crippen molar-refractivity contribution in [1.82, 2.24) is 10.6 Å². The van der Waals surface area contributed by atoms with Crippen molar-refractivity contribution in [2.45, 2.75) is 32.4 Å². The average Bonchev–Trinajstić information content (AvgIpc) is 2.66. The van der Waals surface area contributed by atoms with Crippen LogP contribution in [0.3, 0.4) is 0 Å². The van der Waals surface area contributed by atoms with E-state index >= 15 is 0 Å². The Kier molecular flexibility index (Phi) is 11.5. The summed E-state index contributed by atoms with van der Waals surface area (Å²) in [5, 5.41) is 14.1. The number of carboxylic acid groups (broad SMARTS) is 1. The maximum atomic E-state index is 11.6. The Bertz CT molecular complexity index is 584. The molecule has 9 heteroatoms. The standard InChI is InChI=1S/C18H26N2O6S/c1-2-3-10-25-18(24)20-15(16(21)22)13-27-11-9-19-17(23)26-12-14-7-5-4-6-8-14/h4-8,15H,2-3,9-13H2,1H3,(H,19,23)(H,20,24)(H,21,22). The highest BCUT2D eigenvalue weighted by Crippen LogP contribution is 2.04. The Morgan fingerprint density at radius 1 is 1.15 bits per heavy atom. The SMILES string of the molecule is CCCCOC(=O)NC(CSCCNC(=O)OCc1ccccc1)C(=O)O. The molecule has 0 fully saturated rings. The van der Waals surface area contributed by atoms with Gasteiger partial charge in [-0.25, -0.2) is 14.4 Å². The summed E-state index contributed by atoms with van der Waals surface area (Å²) in [6, 6.07) is 8.27. The fourth-order valence-corrected chi connectivity index (χ4v) is 2.74. The summed E-state index contributed by atoms with van der Waals surface area (Å²) in [7, 11) is 0. The largest absolute Gasteiger partial charge is 0.480 e. The van der Waals surface area contributed by atoms with E-state index in [2.05, 4.69) is 10.6 Å². The monoisotopic (exact) mass is 398 g/mol. The van der Waals surface area contributed by atoms with Gasteiger partial charge >= 0.3 is 18.2 Å². The number of carboxylic acids is 1. The molecule has 0 aliphatic heterocycles. The van der Waals surface area contributed by atoms with Crippen LogP contribution in [0.2, 0.25) is 0 Å². The average molecular weight is 398 g/mol. The van der Waals surface area contributed by atoms with Crippen molar-refractivity contribution in [3.8, 4) is 0 Å². The van der Waals surface area contributed by atoms with Crippen LogP contribution in [0.1, 0.15) is 25.3 Å². The zero-order chi connectivity index (χ0) is 19.9. The van der Waals surface area contributed by atoms with Gasteiger partial charge in [0.2, 0.25) is 0 Å². The van der Waals surface area contributed by atoms with Gasteiger partial charge in [0.05, 0.1) is 6.61 Å². The third-order valence-electron chi connectivity index (χ3n) is 3.33. The Morgan fingerprint density at radius 2 is 1.89 bits per heavy atom. The number of alkyl carbamates (subject to hydrolysis) is 2. The Morgan fingerprint density at radius 3 is 2.56 bits per heavy atom. The van der Waals surface area contributed by atoms with Gasteiger partial charge in [0.25, 0.3) is 0 Å². The van der Waals surface area contributed by atoms with Crippen LogP contribution in [0.25, 0.3) is 0 Å². The molecule has 2 amide bonds. The molecule has 0 aromatic heterocycles. The van der Waals surface area contributed by atoms with Crippen LogP contribution in [0.5, 0.6) is 0 Å². The molecule has 3 N–H and O–H groups in total. The molecule has 1 atom stereocenters. The zero-order valence-electron chi connectivity index (χ0n) is 15.3. The fraction of sp³-hybridized carbons (Fsp3) is 0.500. The first-order chi connectivity index (χ1) is 13.0. The van der Waals surface area contributed by atoms with Gasteiger partial charge in [-0.1, -0.05) is 43.7 Å². The lowest BCUT2D eigenvalue weighted by molar-refractivity contribution is -0.138. The summed E-state index contributed by atoms with van der Waals surface area (Å²) in [4.78, 5) is 34.3. The van der Waals surface area contributed by atoms with Crippen molar-refractivity contribution in [3.63, 3.8) is 0 Å². The number of aliphatic carboxylic acids is 1. The number of amides is 2. The van der Waals surface area contributed by atoms with Crippen LogP contribution in [0.4, 0.5) is 9.59 Å². The number of thioether (sulfide) groups is 1. The van der Waals surface area contributed by atoms with Gasteiger partial charge in [-0.2, -0.15) is 11.8 Å². The number of benzene rings is 1. The predicted octanol–water partition coefficient (Wildman–Crippen LogP) is 2.63. The molecule has 0 heterocycles. The quantitative estimate of drug-likeness (QED) is 0.464. The van der Waals surface area contributed by atoms with E-state index in [4.69, 9.17) is 14.6 Å². The minimum absolute atomic E-state index is 0.166. The highest BCUT2D eigenvalue weighted by molar-refractivity contribution is 7.99. The van der Waals surface area contributed by atoms with E-state index in [1.54, 1.807) is 0 Å². The summed E-state index contributed by atoms with van der Waals surface area (Å²) in [5.41, 5.74) is 0.892. The molecule has 8 nitrogen and oxygen atoms in total. The molecule has 150 valence electrons. The molecule has 1 aromatic rings. The molecule has 1 aromatic carbocycles. The predicted molar refractivity (Wildman–Crippen MR) is 103 cm³/mol. The molecule has 0 radical (unpaired) electrons. The number of hydrogen-bond acceptors (Lipinski definition) is 6. The van der Waals surface area contributed by atoms with Crippen molar-refractivity contribution in [2.24, 2.45) is 0 Å². The van der Waals surface area contributed by atoms with E-state index in [9.17, 15) is 14.4 Å². The van der Waals surface area contributed by atoms with Gasteiger partial charge in [-0.15, -0.1) is 0 Å². The molecule has 0 bridgehead atoms. The van der Waals surface area contributed by atoms with E-state index in [0.29, 0.717) is 12.3 Å². The molecular weight excluding hydrogens is 372 g/mol. The fourth-order valence-electron chi connectivity index (χ4n) is 1.87. The maximum Gasteiger partial charge on any atom is 0.407 e. The zero-order valence-corrected chi connectivity index (χ0v) is 16.1. The maximum absolute atomic E-state index is 11.6. The second kappa shape index (κ2) is 13.7. The molecular formula is C18H26N2O6S.